The molecule has 0 heterocycles. The van der Waals surface area contributed by atoms with Gasteiger partial charge < -0.3 is 10.5 Å². The molecule has 0 spiro atoms. The van der Waals surface area contributed by atoms with E-state index in [-0.39, 0.29) is 17.9 Å². The smallest absolute Gasteiger partial charge is 0.308 e. The lowest BCUT2D eigenvalue weighted by atomic mass is 9.95. The summed E-state index contributed by atoms with van der Waals surface area (Å²) in [6.07, 6.45) is 3.62. The predicted molar refractivity (Wildman–Crippen MR) is 57.9 cm³/mol. The molecule has 0 saturated carbocycles. The summed E-state index contributed by atoms with van der Waals surface area (Å²) in [6, 6.07) is 0.134. The third kappa shape index (κ3) is 5.22. The molecule has 0 amide bonds. The summed E-state index contributed by atoms with van der Waals surface area (Å²) in [5.41, 5.74) is 5.89. The summed E-state index contributed by atoms with van der Waals surface area (Å²) < 4.78 is 4.98. The number of nitrogens with two attached hydrogens (primary N) is 1. The molecule has 2 unspecified atom stereocenters. The molecular weight excluding hydrogens is 178 g/mol. The summed E-state index contributed by atoms with van der Waals surface area (Å²) in [7, 11) is 0. The van der Waals surface area contributed by atoms with Crippen molar-refractivity contribution in [2.75, 3.05) is 6.61 Å². The minimum atomic E-state index is -0.0958. The van der Waals surface area contributed by atoms with E-state index < -0.39 is 0 Å². The van der Waals surface area contributed by atoms with Gasteiger partial charge in [-0.05, 0) is 26.2 Å². The van der Waals surface area contributed by atoms with E-state index in [9.17, 15) is 4.79 Å². The summed E-state index contributed by atoms with van der Waals surface area (Å²) in [6.45, 7) is 6.39. The molecule has 2 N–H and O–H groups in total. The molecule has 0 aliphatic rings. The van der Waals surface area contributed by atoms with Crippen LogP contribution < -0.4 is 5.73 Å². The number of hydrogen-bond acceptors (Lipinski definition) is 3. The van der Waals surface area contributed by atoms with Crippen LogP contribution in [0, 0.1) is 5.92 Å². The molecule has 0 aromatic rings. The monoisotopic (exact) mass is 201 g/mol. The van der Waals surface area contributed by atoms with Gasteiger partial charge in [0.25, 0.3) is 0 Å². The van der Waals surface area contributed by atoms with Crippen molar-refractivity contribution in [2.24, 2.45) is 11.7 Å². The number of rotatable bonds is 7. The van der Waals surface area contributed by atoms with Gasteiger partial charge in [-0.2, -0.15) is 0 Å². The lowest BCUT2D eigenvalue weighted by Gasteiger charge is -2.17. The van der Waals surface area contributed by atoms with Crippen molar-refractivity contribution in [3.8, 4) is 0 Å². The maximum atomic E-state index is 11.4. The van der Waals surface area contributed by atoms with E-state index in [0.717, 1.165) is 25.7 Å². The summed E-state index contributed by atoms with van der Waals surface area (Å²) >= 11 is 0. The van der Waals surface area contributed by atoms with Gasteiger partial charge in [0.15, 0.2) is 0 Å². The van der Waals surface area contributed by atoms with Gasteiger partial charge in [-0.15, -0.1) is 0 Å². The normalized spacial score (nSPS) is 14.9. The Balaban J connectivity index is 3.94. The average Bonchev–Trinajstić information content (AvgIpc) is 2.15. The van der Waals surface area contributed by atoms with E-state index in [2.05, 4.69) is 6.92 Å². The lowest BCUT2D eigenvalue weighted by molar-refractivity contribution is -0.148. The highest BCUT2D eigenvalue weighted by Crippen LogP contribution is 2.14. The van der Waals surface area contributed by atoms with Crippen LogP contribution in [0.2, 0.25) is 0 Å². The van der Waals surface area contributed by atoms with Crippen molar-refractivity contribution in [3.05, 3.63) is 0 Å². The van der Waals surface area contributed by atoms with Crippen molar-refractivity contribution >= 4 is 5.97 Å². The third-order valence-electron chi connectivity index (χ3n) is 2.36. The number of carbonyl (C=O) groups is 1. The fourth-order valence-electron chi connectivity index (χ4n) is 1.54. The van der Waals surface area contributed by atoms with Crippen LogP contribution in [0.5, 0.6) is 0 Å². The first-order chi connectivity index (χ1) is 6.65. The number of carbonyl (C=O) groups excluding carboxylic acids is 1. The van der Waals surface area contributed by atoms with Gasteiger partial charge >= 0.3 is 5.97 Å². The van der Waals surface area contributed by atoms with Crippen LogP contribution in [0.3, 0.4) is 0 Å². The van der Waals surface area contributed by atoms with Crippen LogP contribution >= 0.6 is 0 Å². The highest BCUT2D eigenvalue weighted by atomic mass is 16.5. The van der Waals surface area contributed by atoms with Gasteiger partial charge in [-0.25, -0.2) is 0 Å². The second kappa shape index (κ2) is 7.80. The maximum Gasteiger partial charge on any atom is 0.308 e. The maximum absolute atomic E-state index is 11.4. The molecule has 0 aliphatic carbocycles. The van der Waals surface area contributed by atoms with Crippen molar-refractivity contribution in [3.63, 3.8) is 0 Å². The molecule has 0 aromatic heterocycles. The van der Waals surface area contributed by atoms with Crippen molar-refractivity contribution in [1.29, 1.82) is 0 Å². The third-order valence-corrected chi connectivity index (χ3v) is 2.36. The molecule has 0 aliphatic heterocycles. The van der Waals surface area contributed by atoms with Gasteiger partial charge in [0.1, 0.15) is 0 Å². The van der Waals surface area contributed by atoms with Crippen LogP contribution in [0.1, 0.15) is 46.5 Å². The van der Waals surface area contributed by atoms with Crippen LogP contribution in [0.25, 0.3) is 0 Å². The molecule has 0 fully saturated rings. The van der Waals surface area contributed by atoms with E-state index in [1.165, 1.54) is 0 Å². The molecule has 0 radical (unpaired) electrons. The first-order valence-corrected chi connectivity index (χ1v) is 5.57. The molecule has 2 atom stereocenters. The minimum Gasteiger partial charge on any atom is -0.466 e. The molecule has 0 aromatic carbocycles. The summed E-state index contributed by atoms with van der Waals surface area (Å²) in [5.74, 6) is -0.113. The summed E-state index contributed by atoms with van der Waals surface area (Å²) in [5, 5.41) is 0. The second-order valence-corrected chi connectivity index (χ2v) is 3.64. The van der Waals surface area contributed by atoms with Crippen LogP contribution in [0.15, 0.2) is 0 Å². The van der Waals surface area contributed by atoms with Crippen molar-refractivity contribution < 1.29 is 9.53 Å². The molecule has 0 rings (SSSR count). The zero-order valence-electron chi connectivity index (χ0n) is 9.58. The van der Waals surface area contributed by atoms with E-state index in [4.69, 9.17) is 10.5 Å². The first kappa shape index (κ1) is 13.4. The average molecular weight is 201 g/mol. The lowest BCUT2D eigenvalue weighted by Crippen LogP contribution is -2.28. The fourth-order valence-corrected chi connectivity index (χ4v) is 1.54. The molecule has 3 heteroatoms. The molecule has 0 bridgehead atoms. The molecule has 84 valence electrons. The number of hydrogen-bond donors (Lipinski definition) is 1. The highest BCUT2D eigenvalue weighted by molar-refractivity contribution is 5.72. The first-order valence-electron chi connectivity index (χ1n) is 5.57. The molecule has 3 nitrogen and oxygen atoms in total. The number of esters is 1. The minimum absolute atomic E-state index is 0.0171. The zero-order chi connectivity index (χ0) is 11.0. The van der Waals surface area contributed by atoms with Crippen LogP contribution in [0.4, 0.5) is 0 Å². The Hall–Kier alpha value is -0.570. The van der Waals surface area contributed by atoms with Crippen LogP contribution in [-0.2, 0) is 9.53 Å². The van der Waals surface area contributed by atoms with E-state index in [1.54, 1.807) is 0 Å². The van der Waals surface area contributed by atoms with E-state index in [0.29, 0.717) is 6.61 Å². The van der Waals surface area contributed by atoms with Gasteiger partial charge in [-0.3, -0.25) is 4.79 Å². The second-order valence-electron chi connectivity index (χ2n) is 3.64. The Morgan fingerprint density at radius 3 is 2.43 bits per heavy atom. The summed E-state index contributed by atoms with van der Waals surface area (Å²) in [4.78, 5) is 11.4. The Kier molecular flexibility index (Phi) is 7.48. The Morgan fingerprint density at radius 2 is 2.00 bits per heavy atom. The van der Waals surface area contributed by atoms with Gasteiger partial charge in [-0.1, -0.05) is 20.3 Å². The topological polar surface area (TPSA) is 52.3 Å². The molecule has 0 saturated heterocycles. The zero-order valence-corrected chi connectivity index (χ0v) is 9.58. The van der Waals surface area contributed by atoms with Crippen LogP contribution in [-0.4, -0.2) is 18.6 Å². The highest BCUT2D eigenvalue weighted by Gasteiger charge is 2.20. The van der Waals surface area contributed by atoms with Crippen molar-refractivity contribution in [2.45, 2.75) is 52.5 Å². The predicted octanol–water partition coefficient (Wildman–Crippen LogP) is 2.09. The quantitative estimate of drug-likeness (QED) is 0.642. The fraction of sp³-hybridized carbons (Fsp3) is 0.909. The molecular formula is C11H23NO2. The largest absolute Gasteiger partial charge is 0.466 e. The SMILES string of the molecule is CCCC(N)CC(CC)C(=O)OCC. The Labute approximate surface area is 87.0 Å². The van der Waals surface area contributed by atoms with Gasteiger partial charge in [0, 0.05) is 6.04 Å². The number of ether oxygens (including phenoxy) is 1. The van der Waals surface area contributed by atoms with Gasteiger partial charge in [0.2, 0.25) is 0 Å². The van der Waals surface area contributed by atoms with Gasteiger partial charge in [0.05, 0.1) is 12.5 Å². The van der Waals surface area contributed by atoms with E-state index >= 15 is 0 Å². The van der Waals surface area contributed by atoms with E-state index in [1.807, 2.05) is 13.8 Å². The Bertz CT molecular complexity index is 159. The Morgan fingerprint density at radius 1 is 1.36 bits per heavy atom. The van der Waals surface area contributed by atoms with Crippen molar-refractivity contribution in [1.82, 2.24) is 0 Å². The standard InChI is InChI=1S/C11H23NO2/c1-4-7-10(12)8-9(5-2)11(13)14-6-3/h9-10H,4-8,12H2,1-3H3. The molecule has 14 heavy (non-hydrogen) atoms.